The maximum Gasteiger partial charge on any atom is 0.230 e. The second kappa shape index (κ2) is 11.4. The molecule has 0 saturated heterocycles. The Morgan fingerprint density at radius 1 is 1.03 bits per heavy atom. The van der Waals surface area contributed by atoms with Gasteiger partial charge < -0.3 is 9.88 Å². The van der Waals surface area contributed by atoms with E-state index in [4.69, 9.17) is 0 Å². The molecule has 0 bridgehead atoms. The molecule has 1 N–H and O–H groups in total. The molecule has 182 valence electrons. The SMILES string of the molecule is CCCn1c(SCC(=O)NCc2c(C)nn(Cc3ccccc3)c2C)nnc1-c1cccc(C)c1. The number of nitrogens with zero attached hydrogens (tertiary/aromatic N) is 5. The average Bonchev–Trinajstić information content (AvgIpc) is 3.37. The molecule has 4 aromatic rings. The summed E-state index contributed by atoms with van der Waals surface area (Å²) in [4.78, 5) is 12.7. The van der Waals surface area contributed by atoms with Crippen LogP contribution in [0.15, 0.2) is 59.8 Å². The fourth-order valence-electron chi connectivity index (χ4n) is 4.09. The number of aryl methyl sites for hydroxylation is 2. The molecule has 2 aromatic carbocycles. The van der Waals surface area contributed by atoms with Crippen molar-refractivity contribution in [1.82, 2.24) is 29.9 Å². The molecule has 7 nitrogen and oxygen atoms in total. The number of carbonyl (C=O) groups excluding carboxylic acids is 1. The summed E-state index contributed by atoms with van der Waals surface area (Å²) < 4.78 is 4.11. The number of benzene rings is 2. The number of hydrogen-bond donors (Lipinski definition) is 1. The molecule has 2 aromatic heterocycles. The minimum atomic E-state index is -0.0345. The van der Waals surface area contributed by atoms with Crippen LogP contribution in [0.5, 0.6) is 0 Å². The van der Waals surface area contributed by atoms with Crippen molar-refractivity contribution < 1.29 is 4.79 Å². The molecule has 0 aliphatic carbocycles. The molecular weight excluding hydrogens is 456 g/mol. The highest BCUT2D eigenvalue weighted by Crippen LogP contribution is 2.25. The molecule has 0 fully saturated rings. The summed E-state index contributed by atoms with van der Waals surface area (Å²) in [5.74, 6) is 1.09. The quantitative estimate of drug-likeness (QED) is 0.320. The first-order valence-electron chi connectivity index (χ1n) is 11.9. The van der Waals surface area contributed by atoms with Gasteiger partial charge in [-0.2, -0.15) is 5.10 Å². The number of thioether (sulfide) groups is 1. The Morgan fingerprint density at radius 2 is 1.83 bits per heavy atom. The maximum atomic E-state index is 12.7. The molecule has 0 saturated carbocycles. The van der Waals surface area contributed by atoms with Gasteiger partial charge >= 0.3 is 0 Å². The molecule has 0 aliphatic heterocycles. The Morgan fingerprint density at radius 3 is 2.57 bits per heavy atom. The van der Waals surface area contributed by atoms with Crippen molar-refractivity contribution in [1.29, 1.82) is 0 Å². The van der Waals surface area contributed by atoms with Crippen LogP contribution in [0.4, 0.5) is 0 Å². The first kappa shape index (κ1) is 24.7. The Hall–Kier alpha value is -3.39. The molecule has 0 unspecified atom stereocenters. The smallest absolute Gasteiger partial charge is 0.230 e. The number of amides is 1. The first-order valence-corrected chi connectivity index (χ1v) is 12.9. The van der Waals surface area contributed by atoms with E-state index < -0.39 is 0 Å². The van der Waals surface area contributed by atoms with Crippen molar-refractivity contribution in [3.8, 4) is 11.4 Å². The maximum absolute atomic E-state index is 12.7. The molecule has 2 heterocycles. The van der Waals surface area contributed by atoms with Crippen LogP contribution in [0.1, 0.15) is 41.4 Å². The zero-order valence-corrected chi connectivity index (χ0v) is 21.6. The standard InChI is InChI=1S/C27H32N6OS/c1-5-14-32-26(23-13-9-10-19(2)15-23)29-30-27(32)35-18-25(34)28-16-24-20(3)31-33(21(24)4)17-22-11-7-6-8-12-22/h6-13,15H,5,14,16-18H2,1-4H3,(H,28,34). The third kappa shape index (κ3) is 6.00. The molecule has 35 heavy (non-hydrogen) atoms. The number of nitrogens with one attached hydrogen (secondary N) is 1. The van der Waals surface area contributed by atoms with E-state index in [0.29, 0.717) is 13.1 Å². The van der Waals surface area contributed by atoms with Gasteiger partial charge in [0.15, 0.2) is 11.0 Å². The Labute approximate surface area is 211 Å². The highest BCUT2D eigenvalue weighted by atomic mass is 32.2. The summed E-state index contributed by atoms with van der Waals surface area (Å²) >= 11 is 1.42. The Kier molecular flexibility index (Phi) is 8.02. The van der Waals surface area contributed by atoms with Crippen molar-refractivity contribution in [2.45, 2.75) is 58.9 Å². The van der Waals surface area contributed by atoms with Crippen LogP contribution in [-0.4, -0.2) is 36.2 Å². The van der Waals surface area contributed by atoms with E-state index in [1.165, 1.54) is 22.9 Å². The lowest BCUT2D eigenvalue weighted by Crippen LogP contribution is -2.25. The van der Waals surface area contributed by atoms with Crippen LogP contribution in [-0.2, 0) is 24.4 Å². The van der Waals surface area contributed by atoms with Gasteiger partial charge in [0, 0.05) is 29.9 Å². The van der Waals surface area contributed by atoms with Gasteiger partial charge in [-0.25, -0.2) is 0 Å². The van der Waals surface area contributed by atoms with E-state index in [-0.39, 0.29) is 11.7 Å². The number of rotatable bonds is 10. The Balaban J connectivity index is 1.38. The highest BCUT2D eigenvalue weighted by Gasteiger charge is 2.17. The molecule has 4 rings (SSSR count). The zero-order chi connectivity index (χ0) is 24.8. The molecule has 0 spiro atoms. The van der Waals surface area contributed by atoms with Crippen LogP contribution >= 0.6 is 11.8 Å². The van der Waals surface area contributed by atoms with Gasteiger partial charge in [0.1, 0.15) is 0 Å². The van der Waals surface area contributed by atoms with Crippen molar-refractivity contribution in [2.75, 3.05) is 5.75 Å². The molecular formula is C27H32N6OS. The summed E-state index contributed by atoms with van der Waals surface area (Å²) in [5, 5.41) is 17.3. The molecule has 1 amide bonds. The van der Waals surface area contributed by atoms with Crippen molar-refractivity contribution in [2.24, 2.45) is 0 Å². The van der Waals surface area contributed by atoms with Gasteiger partial charge in [-0.15, -0.1) is 10.2 Å². The van der Waals surface area contributed by atoms with Gasteiger partial charge in [0.2, 0.25) is 5.91 Å². The van der Waals surface area contributed by atoms with Gasteiger partial charge in [-0.05, 0) is 38.8 Å². The molecule has 0 atom stereocenters. The van der Waals surface area contributed by atoms with Crippen molar-refractivity contribution >= 4 is 17.7 Å². The average molecular weight is 489 g/mol. The van der Waals surface area contributed by atoms with E-state index in [9.17, 15) is 4.79 Å². The minimum absolute atomic E-state index is 0.0345. The predicted molar refractivity (Wildman–Crippen MR) is 140 cm³/mol. The minimum Gasteiger partial charge on any atom is -0.351 e. The van der Waals surface area contributed by atoms with Crippen LogP contribution in [0.25, 0.3) is 11.4 Å². The summed E-state index contributed by atoms with van der Waals surface area (Å²) in [6.45, 7) is 10.2. The lowest BCUT2D eigenvalue weighted by molar-refractivity contribution is -0.118. The highest BCUT2D eigenvalue weighted by molar-refractivity contribution is 7.99. The third-order valence-corrected chi connectivity index (χ3v) is 6.91. The largest absolute Gasteiger partial charge is 0.351 e. The zero-order valence-electron chi connectivity index (χ0n) is 20.8. The van der Waals surface area contributed by atoms with Crippen LogP contribution in [0.2, 0.25) is 0 Å². The summed E-state index contributed by atoms with van der Waals surface area (Å²) in [6, 6.07) is 18.5. The lowest BCUT2D eigenvalue weighted by Gasteiger charge is -2.10. The van der Waals surface area contributed by atoms with Crippen molar-refractivity contribution in [3.05, 3.63) is 82.7 Å². The van der Waals surface area contributed by atoms with Gasteiger partial charge in [-0.1, -0.05) is 72.8 Å². The summed E-state index contributed by atoms with van der Waals surface area (Å²) in [6.07, 6.45) is 0.960. The van der Waals surface area contributed by atoms with E-state index in [0.717, 1.165) is 46.5 Å². The molecule has 0 radical (unpaired) electrons. The molecule has 0 aliphatic rings. The van der Waals surface area contributed by atoms with E-state index >= 15 is 0 Å². The van der Waals surface area contributed by atoms with Crippen molar-refractivity contribution in [3.63, 3.8) is 0 Å². The van der Waals surface area contributed by atoms with E-state index in [1.54, 1.807) is 0 Å². The van der Waals surface area contributed by atoms with Crippen LogP contribution < -0.4 is 5.32 Å². The Bertz CT molecular complexity index is 1290. The third-order valence-electron chi connectivity index (χ3n) is 5.94. The summed E-state index contributed by atoms with van der Waals surface area (Å²) in [7, 11) is 0. The van der Waals surface area contributed by atoms with Crippen LogP contribution in [0, 0.1) is 20.8 Å². The van der Waals surface area contributed by atoms with Gasteiger partial charge in [0.25, 0.3) is 0 Å². The first-order chi connectivity index (χ1) is 17.0. The van der Waals surface area contributed by atoms with Gasteiger partial charge in [0.05, 0.1) is 18.0 Å². The molecule has 8 heteroatoms. The normalized spacial score (nSPS) is 11.1. The topological polar surface area (TPSA) is 77.6 Å². The fraction of sp³-hybridized carbons (Fsp3) is 0.333. The second-order valence-electron chi connectivity index (χ2n) is 8.69. The number of carbonyl (C=O) groups is 1. The van der Waals surface area contributed by atoms with Crippen LogP contribution in [0.3, 0.4) is 0 Å². The van der Waals surface area contributed by atoms with E-state index in [2.05, 4.69) is 70.2 Å². The second-order valence-corrected chi connectivity index (χ2v) is 9.63. The lowest BCUT2D eigenvalue weighted by atomic mass is 10.1. The van der Waals surface area contributed by atoms with E-state index in [1.807, 2.05) is 41.9 Å². The number of hydrogen-bond acceptors (Lipinski definition) is 5. The number of aromatic nitrogens is 5. The van der Waals surface area contributed by atoms with Gasteiger partial charge in [-0.3, -0.25) is 9.48 Å². The predicted octanol–water partition coefficient (Wildman–Crippen LogP) is 4.93. The summed E-state index contributed by atoms with van der Waals surface area (Å²) in [5.41, 5.74) is 6.50. The monoisotopic (exact) mass is 488 g/mol. The fourth-order valence-corrected chi connectivity index (χ4v) is 4.88.